The van der Waals surface area contributed by atoms with Gasteiger partial charge in [-0.15, -0.1) is 10.2 Å². The Bertz CT molecular complexity index is 653. The number of aromatic nitrogens is 3. The molecule has 118 valence electrons. The molecule has 22 heavy (non-hydrogen) atoms. The average molecular weight is 321 g/mol. The third kappa shape index (κ3) is 3.32. The van der Waals surface area contributed by atoms with Gasteiger partial charge in [-0.05, 0) is 26.0 Å². The average Bonchev–Trinajstić information content (AvgIpc) is 3.25. The smallest absolute Gasteiger partial charge is 0.146 e. The summed E-state index contributed by atoms with van der Waals surface area (Å²) in [6, 6.07) is 7.40. The van der Waals surface area contributed by atoms with Crippen LogP contribution >= 0.6 is 11.6 Å². The predicted molar refractivity (Wildman–Crippen MR) is 85.7 cm³/mol. The van der Waals surface area contributed by atoms with Crippen molar-refractivity contribution in [1.82, 2.24) is 19.7 Å². The minimum absolute atomic E-state index is 0.495. The zero-order valence-electron chi connectivity index (χ0n) is 12.9. The van der Waals surface area contributed by atoms with Crippen LogP contribution in [0.5, 0.6) is 0 Å². The lowest BCUT2D eigenvalue weighted by molar-refractivity contribution is 0.122. The molecule has 1 N–H and O–H groups in total. The van der Waals surface area contributed by atoms with Gasteiger partial charge >= 0.3 is 0 Å². The molecule has 0 aliphatic heterocycles. The molecule has 1 aliphatic rings. The molecule has 0 amide bonds. The molecule has 1 atom stereocenters. The molecule has 1 aliphatic carbocycles. The number of aliphatic hydroxyl groups is 1. The maximum absolute atomic E-state index is 10.4. The first-order valence-electron chi connectivity index (χ1n) is 7.55. The van der Waals surface area contributed by atoms with Crippen LogP contribution in [-0.2, 0) is 13.6 Å². The summed E-state index contributed by atoms with van der Waals surface area (Å²) in [7, 11) is 3.98. The van der Waals surface area contributed by atoms with Crippen LogP contribution in [0.25, 0.3) is 0 Å². The molecule has 0 spiro atoms. The van der Waals surface area contributed by atoms with Gasteiger partial charge in [0.15, 0.2) is 0 Å². The number of benzene rings is 1. The van der Waals surface area contributed by atoms with E-state index in [-0.39, 0.29) is 0 Å². The van der Waals surface area contributed by atoms with Crippen LogP contribution in [0.2, 0.25) is 5.02 Å². The quantitative estimate of drug-likeness (QED) is 0.888. The van der Waals surface area contributed by atoms with Crippen LogP contribution in [0, 0.1) is 0 Å². The van der Waals surface area contributed by atoms with E-state index in [4.69, 9.17) is 11.6 Å². The van der Waals surface area contributed by atoms with Crippen molar-refractivity contribution >= 4 is 11.6 Å². The van der Waals surface area contributed by atoms with Crippen molar-refractivity contribution in [1.29, 1.82) is 0 Å². The van der Waals surface area contributed by atoms with Crippen molar-refractivity contribution in [3.05, 3.63) is 46.5 Å². The Kier molecular flexibility index (Phi) is 4.47. The van der Waals surface area contributed by atoms with Crippen molar-refractivity contribution in [2.75, 3.05) is 13.6 Å². The summed E-state index contributed by atoms with van der Waals surface area (Å²) >= 11 is 6.13. The highest BCUT2D eigenvalue weighted by Gasteiger charge is 2.29. The number of halogens is 1. The van der Waals surface area contributed by atoms with Gasteiger partial charge in [0.05, 0.1) is 12.6 Å². The van der Waals surface area contributed by atoms with Crippen LogP contribution in [0.4, 0.5) is 0 Å². The molecule has 1 saturated carbocycles. The van der Waals surface area contributed by atoms with Crippen LogP contribution in [0.15, 0.2) is 24.3 Å². The molecular weight excluding hydrogens is 300 g/mol. The Labute approximate surface area is 135 Å². The fourth-order valence-electron chi connectivity index (χ4n) is 2.65. The standard InChI is InChI=1S/C16H21ClN4O/c1-20(9-14(22)12-5-3-4-6-13(12)17)10-15-18-19-16(21(15)2)11-7-8-11/h3-6,11,14,22H,7-10H2,1-2H3. The lowest BCUT2D eigenvalue weighted by Crippen LogP contribution is -2.26. The summed E-state index contributed by atoms with van der Waals surface area (Å²) in [6.45, 7) is 1.15. The van der Waals surface area contributed by atoms with Gasteiger partial charge in [-0.25, -0.2) is 0 Å². The van der Waals surface area contributed by atoms with Crippen LogP contribution in [0.3, 0.4) is 0 Å². The number of aliphatic hydroxyl groups excluding tert-OH is 1. The molecule has 6 heteroatoms. The van der Waals surface area contributed by atoms with Gasteiger partial charge in [-0.3, -0.25) is 4.90 Å². The van der Waals surface area contributed by atoms with Gasteiger partial charge in [0, 0.05) is 30.1 Å². The molecule has 0 saturated heterocycles. The second kappa shape index (κ2) is 6.36. The second-order valence-electron chi connectivity index (χ2n) is 6.04. The molecule has 1 aromatic carbocycles. The Morgan fingerprint density at radius 2 is 2.09 bits per heavy atom. The van der Waals surface area contributed by atoms with Crippen molar-refractivity contribution in [2.24, 2.45) is 7.05 Å². The summed E-state index contributed by atoms with van der Waals surface area (Å²) in [5.74, 6) is 2.59. The van der Waals surface area contributed by atoms with E-state index in [1.54, 1.807) is 6.07 Å². The molecule has 1 aromatic heterocycles. The van der Waals surface area contributed by atoms with E-state index in [9.17, 15) is 5.11 Å². The molecule has 0 bridgehead atoms. The van der Waals surface area contributed by atoms with Gasteiger partial charge in [-0.2, -0.15) is 0 Å². The second-order valence-corrected chi connectivity index (χ2v) is 6.45. The zero-order valence-corrected chi connectivity index (χ0v) is 13.7. The Balaban J connectivity index is 1.62. The van der Waals surface area contributed by atoms with Crippen molar-refractivity contribution < 1.29 is 5.11 Å². The van der Waals surface area contributed by atoms with Crippen molar-refractivity contribution in [2.45, 2.75) is 31.4 Å². The SMILES string of the molecule is CN(Cc1nnc(C2CC2)n1C)CC(O)c1ccccc1Cl. The van der Waals surface area contributed by atoms with Crippen LogP contribution < -0.4 is 0 Å². The normalized spacial score (nSPS) is 16.2. The largest absolute Gasteiger partial charge is 0.387 e. The predicted octanol–water partition coefficient (Wildman–Crippen LogP) is 2.51. The lowest BCUT2D eigenvalue weighted by Gasteiger charge is -2.21. The minimum Gasteiger partial charge on any atom is -0.387 e. The van der Waals surface area contributed by atoms with E-state index < -0.39 is 6.10 Å². The van der Waals surface area contributed by atoms with E-state index in [2.05, 4.69) is 14.8 Å². The highest BCUT2D eigenvalue weighted by molar-refractivity contribution is 6.31. The first-order chi connectivity index (χ1) is 10.6. The maximum atomic E-state index is 10.4. The number of likely N-dealkylation sites (N-methyl/N-ethyl adjacent to an activating group) is 1. The molecular formula is C16H21ClN4O. The topological polar surface area (TPSA) is 54.2 Å². The van der Waals surface area contributed by atoms with Gasteiger partial charge in [0.1, 0.15) is 11.6 Å². The van der Waals surface area contributed by atoms with Gasteiger partial charge in [-0.1, -0.05) is 29.8 Å². The monoisotopic (exact) mass is 320 g/mol. The molecule has 1 unspecified atom stereocenters. The third-order valence-electron chi connectivity index (χ3n) is 4.10. The van der Waals surface area contributed by atoms with Crippen LogP contribution in [-0.4, -0.2) is 38.4 Å². The van der Waals surface area contributed by atoms with Gasteiger partial charge in [0.2, 0.25) is 0 Å². The first kappa shape index (κ1) is 15.5. The number of hydrogen-bond acceptors (Lipinski definition) is 4. The van der Waals surface area contributed by atoms with E-state index in [0.717, 1.165) is 17.2 Å². The highest BCUT2D eigenvalue weighted by Crippen LogP contribution is 2.38. The number of rotatable bonds is 6. The molecule has 1 heterocycles. The minimum atomic E-state index is -0.616. The van der Waals surface area contributed by atoms with E-state index in [0.29, 0.717) is 24.0 Å². The molecule has 5 nitrogen and oxygen atoms in total. The summed E-state index contributed by atoms with van der Waals surface area (Å²) in [4.78, 5) is 2.04. The lowest BCUT2D eigenvalue weighted by atomic mass is 10.1. The van der Waals surface area contributed by atoms with E-state index >= 15 is 0 Å². The van der Waals surface area contributed by atoms with Crippen molar-refractivity contribution in [3.63, 3.8) is 0 Å². The Morgan fingerprint density at radius 1 is 1.36 bits per heavy atom. The van der Waals surface area contributed by atoms with E-state index in [1.807, 2.05) is 37.2 Å². The third-order valence-corrected chi connectivity index (χ3v) is 4.45. The Morgan fingerprint density at radius 3 is 2.77 bits per heavy atom. The van der Waals surface area contributed by atoms with E-state index in [1.165, 1.54) is 12.8 Å². The highest BCUT2D eigenvalue weighted by atomic mass is 35.5. The first-order valence-corrected chi connectivity index (χ1v) is 7.93. The maximum Gasteiger partial charge on any atom is 0.146 e. The van der Waals surface area contributed by atoms with Crippen LogP contribution in [0.1, 0.15) is 42.1 Å². The summed E-state index contributed by atoms with van der Waals surface area (Å²) in [5, 5.41) is 19.5. The summed E-state index contributed by atoms with van der Waals surface area (Å²) < 4.78 is 2.08. The summed E-state index contributed by atoms with van der Waals surface area (Å²) in [5.41, 5.74) is 0.757. The fourth-order valence-corrected chi connectivity index (χ4v) is 2.92. The Hall–Kier alpha value is -1.43. The molecule has 0 radical (unpaired) electrons. The molecule has 3 rings (SSSR count). The van der Waals surface area contributed by atoms with Crippen molar-refractivity contribution in [3.8, 4) is 0 Å². The fraction of sp³-hybridized carbons (Fsp3) is 0.500. The number of nitrogens with zero attached hydrogens (tertiary/aromatic N) is 4. The van der Waals surface area contributed by atoms with Gasteiger partial charge in [0.25, 0.3) is 0 Å². The summed E-state index contributed by atoms with van der Waals surface area (Å²) in [6.07, 6.45) is 1.81. The zero-order chi connectivity index (χ0) is 15.7. The number of hydrogen-bond donors (Lipinski definition) is 1. The molecule has 2 aromatic rings. The van der Waals surface area contributed by atoms with Gasteiger partial charge < -0.3 is 9.67 Å². The molecule has 1 fully saturated rings.